The molecule has 1 atom stereocenters. The first-order valence-corrected chi connectivity index (χ1v) is 7.57. The van der Waals surface area contributed by atoms with Crippen molar-refractivity contribution in [3.63, 3.8) is 0 Å². The van der Waals surface area contributed by atoms with E-state index >= 15 is 0 Å². The number of sulfonamides is 1. The number of rotatable bonds is 3. The molecular formula is C12H22N2O2S. The number of hydrogen-bond donors (Lipinski definition) is 0. The Kier molecular flexibility index (Phi) is 4.21. The fourth-order valence-electron chi connectivity index (χ4n) is 2.27. The fraction of sp³-hybridized carbons (Fsp3) is 0.917. The van der Waals surface area contributed by atoms with Gasteiger partial charge in [0.1, 0.15) is 0 Å². The minimum absolute atomic E-state index is 0.0591. The zero-order chi connectivity index (χ0) is 13.3. The van der Waals surface area contributed by atoms with Gasteiger partial charge in [-0.25, -0.2) is 12.7 Å². The average Bonchev–Trinajstić information content (AvgIpc) is 2.27. The van der Waals surface area contributed by atoms with Crippen molar-refractivity contribution in [1.29, 1.82) is 5.26 Å². The molecular weight excluding hydrogens is 236 g/mol. The predicted octanol–water partition coefficient (Wildman–Crippen LogP) is 2.13. The maximum absolute atomic E-state index is 12.0. The minimum atomic E-state index is -3.45. The molecule has 0 aromatic heterocycles. The summed E-state index contributed by atoms with van der Waals surface area (Å²) in [4.78, 5) is 0. The number of hydrogen-bond acceptors (Lipinski definition) is 3. The van der Waals surface area contributed by atoms with Crippen LogP contribution in [-0.2, 0) is 10.0 Å². The van der Waals surface area contributed by atoms with Crippen LogP contribution in [0.5, 0.6) is 0 Å². The van der Waals surface area contributed by atoms with Gasteiger partial charge in [0.05, 0.1) is 6.07 Å². The quantitative estimate of drug-likeness (QED) is 0.779. The maximum Gasteiger partial charge on any atom is 0.230 e. The summed E-state index contributed by atoms with van der Waals surface area (Å²) in [7, 11) is -1.85. The Morgan fingerprint density at radius 3 is 2.24 bits per heavy atom. The summed E-state index contributed by atoms with van der Waals surface area (Å²) in [6.45, 7) is 5.88. The van der Waals surface area contributed by atoms with E-state index in [0.717, 1.165) is 25.7 Å². The zero-order valence-electron chi connectivity index (χ0n) is 11.1. The third-order valence-electron chi connectivity index (χ3n) is 3.85. The van der Waals surface area contributed by atoms with E-state index in [2.05, 4.69) is 13.8 Å². The van der Waals surface area contributed by atoms with Crippen molar-refractivity contribution in [1.82, 2.24) is 4.31 Å². The van der Waals surface area contributed by atoms with Crippen molar-refractivity contribution in [2.24, 2.45) is 5.41 Å². The highest BCUT2D eigenvalue weighted by atomic mass is 32.2. The van der Waals surface area contributed by atoms with Crippen LogP contribution in [0.1, 0.15) is 46.5 Å². The molecule has 1 aliphatic carbocycles. The number of nitrogens with zero attached hydrogens (tertiary/aromatic N) is 2. The van der Waals surface area contributed by atoms with Crippen LogP contribution >= 0.6 is 0 Å². The molecule has 0 saturated heterocycles. The summed E-state index contributed by atoms with van der Waals surface area (Å²) in [5.74, 6) is 0. The molecule has 0 aliphatic heterocycles. The normalized spacial score (nSPS) is 23.3. The standard InChI is InChI=1S/C12H22N2O2S/c1-10(9-13)17(15,16)14(4)11-5-7-12(2,3)8-6-11/h10-11H,5-8H2,1-4H3. The lowest BCUT2D eigenvalue weighted by molar-refractivity contribution is 0.174. The van der Waals surface area contributed by atoms with Gasteiger partial charge in [-0.2, -0.15) is 5.26 Å². The van der Waals surface area contributed by atoms with E-state index in [1.54, 1.807) is 7.05 Å². The van der Waals surface area contributed by atoms with Crippen LogP contribution in [0.3, 0.4) is 0 Å². The molecule has 0 spiro atoms. The van der Waals surface area contributed by atoms with Gasteiger partial charge in [0.25, 0.3) is 0 Å². The van der Waals surface area contributed by atoms with E-state index in [4.69, 9.17) is 5.26 Å². The Balaban J connectivity index is 2.74. The second-order valence-electron chi connectivity index (χ2n) is 5.73. The molecule has 1 rings (SSSR count). The molecule has 0 aromatic carbocycles. The molecule has 17 heavy (non-hydrogen) atoms. The highest BCUT2D eigenvalue weighted by molar-refractivity contribution is 7.89. The first-order chi connectivity index (χ1) is 7.70. The van der Waals surface area contributed by atoms with Crippen molar-refractivity contribution in [2.75, 3.05) is 7.05 Å². The molecule has 4 nitrogen and oxygen atoms in total. The second kappa shape index (κ2) is 4.95. The summed E-state index contributed by atoms with van der Waals surface area (Å²) < 4.78 is 25.5. The van der Waals surface area contributed by atoms with E-state index in [1.165, 1.54) is 11.2 Å². The third kappa shape index (κ3) is 3.20. The highest BCUT2D eigenvalue weighted by Crippen LogP contribution is 2.37. The van der Waals surface area contributed by atoms with E-state index in [-0.39, 0.29) is 6.04 Å². The Labute approximate surface area is 105 Å². The average molecular weight is 258 g/mol. The van der Waals surface area contributed by atoms with Crippen molar-refractivity contribution in [3.05, 3.63) is 0 Å². The highest BCUT2D eigenvalue weighted by Gasteiger charge is 2.35. The Morgan fingerprint density at radius 2 is 1.82 bits per heavy atom. The predicted molar refractivity (Wildman–Crippen MR) is 67.8 cm³/mol. The molecule has 0 heterocycles. The Hall–Kier alpha value is -0.600. The van der Waals surface area contributed by atoms with Crippen molar-refractivity contribution in [3.8, 4) is 6.07 Å². The van der Waals surface area contributed by atoms with Gasteiger partial charge in [-0.15, -0.1) is 0 Å². The Morgan fingerprint density at radius 1 is 1.35 bits per heavy atom. The summed E-state index contributed by atoms with van der Waals surface area (Å²) in [6, 6.07) is 1.87. The van der Waals surface area contributed by atoms with Crippen LogP contribution in [0.15, 0.2) is 0 Å². The zero-order valence-corrected chi connectivity index (χ0v) is 11.9. The first-order valence-electron chi connectivity index (χ1n) is 6.07. The molecule has 1 saturated carbocycles. The van der Waals surface area contributed by atoms with Gasteiger partial charge in [-0.05, 0) is 38.0 Å². The van der Waals surface area contributed by atoms with Gasteiger partial charge in [-0.1, -0.05) is 13.8 Å². The topological polar surface area (TPSA) is 61.2 Å². The first kappa shape index (κ1) is 14.5. The van der Waals surface area contributed by atoms with Crippen molar-refractivity contribution >= 4 is 10.0 Å². The molecule has 1 aliphatic rings. The van der Waals surface area contributed by atoms with Crippen molar-refractivity contribution < 1.29 is 8.42 Å². The lowest BCUT2D eigenvalue weighted by atomic mass is 9.76. The molecule has 0 N–H and O–H groups in total. The molecule has 98 valence electrons. The van der Waals surface area contributed by atoms with E-state index in [0.29, 0.717) is 5.41 Å². The molecule has 0 bridgehead atoms. The monoisotopic (exact) mass is 258 g/mol. The van der Waals surface area contributed by atoms with Crippen LogP contribution in [0, 0.1) is 16.7 Å². The van der Waals surface area contributed by atoms with Gasteiger partial charge < -0.3 is 0 Å². The lowest BCUT2D eigenvalue weighted by Gasteiger charge is -2.38. The largest absolute Gasteiger partial charge is 0.230 e. The number of nitriles is 1. The Bertz CT molecular complexity index is 399. The van der Waals surface area contributed by atoms with Crippen LogP contribution in [0.25, 0.3) is 0 Å². The molecule has 0 radical (unpaired) electrons. The summed E-state index contributed by atoms with van der Waals surface area (Å²) in [5.41, 5.74) is 0.321. The molecule has 0 amide bonds. The fourth-order valence-corrected chi connectivity index (χ4v) is 3.53. The van der Waals surface area contributed by atoms with Gasteiger partial charge in [0.15, 0.2) is 5.25 Å². The lowest BCUT2D eigenvalue weighted by Crippen LogP contribution is -2.43. The second-order valence-corrected chi connectivity index (χ2v) is 8.04. The maximum atomic E-state index is 12.0. The van der Waals surface area contributed by atoms with Crippen molar-refractivity contribution in [2.45, 2.75) is 57.7 Å². The summed E-state index contributed by atoms with van der Waals surface area (Å²) in [6.07, 6.45) is 3.86. The van der Waals surface area contributed by atoms with E-state index in [1.807, 2.05) is 6.07 Å². The van der Waals surface area contributed by atoms with Gasteiger partial charge >= 0.3 is 0 Å². The molecule has 1 unspecified atom stereocenters. The molecule has 0 aromatic rings. The third-order valence-corrected chi connectivity index (χ3v) is 5.95. The van der Waals surface area contributed by atoms with E-state index in [9.17, 15) is 8.42 Å². The van der Waals surface area contributed by atoms with Crippen LogP contribution in [-0.4, -0.2) is 31.1 Å². The van der Waals surface area contributed by atoms with Gasteiger partial charge in [-0.3, -0.25) is 0 Å². The van der Waals surface area contributed by atoms with Gasteiger partial charge in [0.2, 0.25) is 10.0 Å². The SMILES string of the molecule is CC(C#N)S(=O)(=O)N(C)C1CCC(C)(C)CC1. The van der Waals surface area contributed by atoms with E-state index < -0.39 is 15.3 Å². The smallest absolute Gasteiger partial charge is 0.211 e. The molecule has 1 fully saturated rings. The van der Waals surface area contributed by atoms with Crippen LogP contribution in [0.2, 0.25) is 0 Å². The minimum Gasteiger partial charge on any atom is -0.211 e. The van der Waals surface area contributed by atoms with Gasteiger partial charge in [0, 0.05) is 13.1 Å². The molecule has 5 heteroatoms. The summed E-state index contributed by atoms with van der Waals surface area (Å²) in [5, 5.41) is 7.79. The van der Waals surface area contributed by atoms with Crippen LogP contribution < -0.4 is 0 Å². The summed E-state index contributed by atoms with van der Waals surface area (Å²) >= 11 is 0. The van der Waals surface area contributed by atoms with Crippen LogP contribution in [0.4, 0.5) is 0 Å².